The van der Waals surface area contributed by atoms with E-state index in [4.69, 9.17) is 5.11 Å². The van der Waals surface area contributed by atoms with Crippen molar-refractivity contribution in [2.24, 2.45) is 0 Å². The van der Waals surface area contributed by atoms with Crippen LogP contribution in [0.4, 0.5) is 0 Å². The molecule has 1 unspecified atom stereocenters. The molecule has 0 spiro atoms. The normalized spacial score (nSPS) is 13.1. The highest BCUT2D eigenvalue weighted by Crippen LogP contribution is 2.25. The quantitative estimate of drug-likeness (QED) is 0.837. The Balaban J connectivity index is 2.59. The third-order valence-electron chi connectivity index (χ3n) is 2.21. The fourth-order valence-corrected chi connectivity index (χ4v) is 2.94. The topological polar surface area (TPSA) is 58.3 Å². The molecule has 4 nitrogen and oxygen atoms in total. The Morgan fingerprint density at radius 1 is 1.56 bits per heavy atom. The highest BCUT2D eigenvalue weighted by molar-refractivity contribution is 9.10. The molecular formula is C10H17BrN2O2S. The van der Waals surface area contributed by atoms with Gasteiger partial charge in [-0.25, -0.2) is 0 Å². The van der Waals surface area contributed by atoms with Crippen molar-refractivity contribution in [2.45, 2.75) is 32.2 Å². The third kappa shape index (κ3) is 3.48. The maximum Gasteiger partial charge on any atom is 0.0861 e. The van der Waals surface area contributed by atoms with E-state index in [1.54, 1.807) is 11.8 Å². The summed E-state index contributed by atoms with van der Waals surface area (Å²) in [5.74, 6) is 1.32. The van der Waals surface area contributed by atoms with Crippen LogP contribution >= 0.6 is 27.7 Å². The van der Waals surface area contributed by atoms with Crippen LogP contribution in [-0.4, -0.2) is 38.5 Å². The Kier molecular flexibility index (Phi) is 5.82. The number of thioether (sulfide) groups is 1. The highest BCUT2D eigenvalue weighted by Gasteiger charge is 2.12. The van der Waals surface area contributed by atoms with Crippen LogP contribution in [0.15, 0.2) is 4.47 Å². The summed E-state index contributed by atoms with van der Waals surface area (Å²) in [5, 5.41) is 22.3. The van der Waals surface area contributed by atoms with Gasteiger partial charge < -0.3 is 10.2 Å². The zero-order valence-electron chi connectivity index (χ0n) is 9.48. The Bertz CT molecular complexity index is 344. The second-order valence-corrected chi connectivity index (χ2v) is 5.34. The van der Waals surface area contributed by atoms with Gasteiger partial charge in [0.2, 0.25) is 0 Å². The van der Waals surface area contributed by atoms with Gasteiger partial charge in [-0.1, -0.05) is 0 Å². The monoisotopic (exact) mass is 308 g/mol. The summed E-state index contributed by atoms with van der Waals surface area (Å²) in [7, 11) is 0. The second kappa shape index (κ2) is 6.64. The van der Waals surface area contributed by atoms with Gasteiger partial charge >= 0.3 is 0 Å². The molecule has 1 rings (SSSR count). The molecule has 16 heavy (non-hydrogen) atoms. The predicted molar refractivity (Wildman–Crippen MR) is 69.6 cm³/mol. The summed E-state index contributed by atoms with van der Waals surface area (Å²) in [6.45, 7) is 4.67. The van der Waals surface area contributed by atoms with E-state index in [1.807, 2.05) is 11.6 Å². The van der Waals surface area contributed by atoms with Gasteiger partial charge in [0.05, 0.1) is 28.6 Å². The van der Waals surface area contributed by atoms with Crippen molar-refractivity contribution in [1.82, 2.24) is 9.78 Å². The van der Waals surface area contributed by atoms with E-state index >= 15 is 0 Å². The molecule has 0 aromatic carbocycles. The zero-order valence-corrected chi connectivity index (χ0v) is 11.9. The van der Waals surface area contributed by atoms with Gasteiger partial charge in [0.1, 0.15) is 0 Å². The van der Waals surface area contributed by atoms with Crippen LogP contribution in [0.2, 0.25) is 0 Å². The minimum absolute atomic E-state index is 0.180. The van der Waals surface area contributed by atoms with E-state index in [1.165, 1.54) is 0 Å². The van der Waals surface area contributed by atoms with Crippen LogP contribution in [0.1, 0.15) is 18.3 Å². The van der Waals surface area contributed by atoms with Crippen LogP contribution in [0.3, 0.4) is 0 Å². The maximum absolute atomic E-state index is 9.23. The molecule has 1 aromatic rings. The van der Waals surface area contributed by atoms with Gasteiger partial charge in [-0.15, -0.1) is 0 Å². The molecule has 6 heteroatoms. The molecule has 0 aliphatic rings. The summed E-state index contributed by atoms with van der Waals surface area (Å²) >= 11 is 5.11. The number of hydrogen-bond donors (Lipinski definition) is 2. The van der Waals surface area contributed by atoms with Gasteiger partial charge in [0, 0.05) is 18.1 Å². The number of nitrogens with zero attached hydrogens (tertiary/aromatic N) is 2. The lowest BCUT2D eigenvalue weighted by atomic mass is 10.4. The Labute approximate surface area is 108 Å². The number of aryl methyl sites for hydroxylation is 2. The van der Waals surface area contributed by atoms with Gasteiger partial charge in [-0.2, -0.15) is 16.9 Å². The van der Waals surface area contributed by atoms with Crippen molar-refractivity contribution in [3.8, 4) is 0 Å². The first-order valence-electron chi connectivity index (χ1n) is 5.18. The molecule has 2 N–H and O–H groups in total. The van der Waals surface area contributed by atoms with E-state index in [9.17, 15) is 5.11 Å². The van der Waals surface area contributed by atoms with Crippen LogP contribution in [-0.2, 0) is 12.3 Å². The van der Waals surface area contributed by atoms with Gasteiger partial charge in [0.15, 0.2) is 0 Å². The van der Waals surface area contributed by atoms with Crippen molar-refractivity contribution in [3.05, 3.63) is 15.9 Å². The standard InChI is InChI=1S/C10H17BrN2O2S/c1-3-13-9(10(11)7(2)12-13)6-16-5-8(15)4-14/h8,14-15H,3-6H2,1-2H3. The molecule has 92 valence electrons. The average Bonchev–Trinajstić information content (AvgIpc) is 2.56. The predicted octanol–water partition coefficient (Wildman–Crippen LogP) is 1.56. The van der Waals surface area contributed by atoms with Crippen LogP contribution in [0, 0.1) is 6.92 Å². The Hall–Kier alpha value is -0.0400. The first-order chi connectivity index (χ1) is 7.60. The summed E-state index contributed by atoms with van der Waals surface area (Å²) in [6.07, 6.45) is -0.636. The summed E-state index contributed by atoms with van der Waals surface area (Å²) in [6, 6.07) is 0. The fourth-order valence-electron chi connectivity index (χ4n) is 1.35. The number of aliphatic hydroxyl groups is 2. The summed E-state index contributed by atoms with van der Waals surface area (Å²) < 4.78 is 3.00. The third-order valence-corrected chi connectivity index (χ3v) is 4.34. The minimum atomic E-state index is -0.636. The van der Waals surface area contributed by atoms with Crippen molar-refractivity contribution in [1.29, 1.82) is 0 Å². The van der Waals surface area contributed by atoms with E-state index < -0.39 is 6.10 Å². The molecule has 1 aromatic heterocycles. The molecular weight excluding hydrogens is 292 g/mol. The largest absolute Gasteiger partial charge is 0.394 e. The molecule has 1 heterocycles. The van der Waals surface area contributed by atoms with Crippen LogP contribution in [0.5, 0.6) is 0 Å². The molecule has 0 amide bonds. The average molecular weight is 309 g/mol. The van der Waals surface area contributed by atoms with Gasteiger partial charge in [-0.3, -0.25) is 4.68 Å². The van der Waals surface area contributed by atoms with Crippen molar-refractivity contribution in [3.63, 3.8) is 0 Å². The highest BCUT2D eigenvalue weighted by atomic mass is 79.9. The van der Waals surface area contributed by atoms with Crippen LogP contribution < -0.4 is 0 Å². The van der Waals surface area contributed by atoms with Crippen molar-refractivity contribution >= 4 is 27.7 Å². The van der Waals surface area contributed by atoms with Gasteiger partial charge in [0.25, 0.3) is 0 Å². The number of halogens is 1. The maximum atomic E-state index is 9.23. The smallest absolute Gasteiger partial charge is 0.0861 e. The van der Waals surface area contributed by atoms with Crippen molar-refractivity contribution < 1.29 is 10.2 Å². The first-order valence-corrected chi connectivity index (χ1v) is 7.13. The lowest BCUT2D eigenvalue weighted by molar-refractivity contribution is 0.113. The fraction of sp³-hybridized carbons (Fsp3) is 0.700. The molecule has 0 bridgehead atoms. The molecule has 1 atom stereocenters. The van der Waals surface area contributed by atoms with Crippen LogP contribution in [0.25, 0.3) is 0 Å². The SMILES string of the molecule is CCn1nc(C)c(Br)c1CSCC(O)CO. The second-order valence-electron chi connectivity index (χ2n) is 3.51. The minimum Gasteiger partial charge on any atom is -0.394 e. The Morgan fingerprint density at radius 2 is 2.25 bits per heavy atom. The van der Waals surface area contributed by atoms with E-state index in [0.29, 0.717) is 5.75 Å². The molecule has 0 aliphatic heterocycles. The Morgan fingerprint density at radius 3 is 2.81 bits per heavy atom. The first kappa shape index (κ1) is 14.0. The number of hydrogen-bond acceptors (Lipinski definition) is 4. The molecule has 0 aliphatic carbocycles. The zero-order chi connectivity index (χ0) is 12.1. The molecule has 0 saturated carbocycles. The number of rotatable bonds is 6. The molecule has 0 fully saturated rings. The molecule has 0 radical (unpaired) electrons. The number of aliphatic hydroxyl groups excluding tert-OH is 2. The lowest BCUT2D eigenvalue weighted by Crippen LogP contribution is -2.15. The van der Waals surface area contributed by atoms with E-state index in [2.05, 4.69) is 28.0 Å². The summed E-state index contributed by atoms with van der Waals surface area (Å²) in [4.78, 5) is 0. The molecule has 0 saturated heterocycles. The van der Waals surface area contributed by atoms with Crippen molar-refractivity contribution in [2.75, 3.05) is 12.4 Å². The van der Waals surface area contributed by atoms with E-state index in [-0.39, 0.29) is 6.61 Å². The van der Waals surface area contributed by atoms with E-state index in [0.717, 1.165) is 28.2 Å². The lowest BCUT2D eigenvalue weighted by Gasteiger charge is -2.08. The summed E-state index contributed by atoms with van der Waals surface area (Å²) in [5.41, 5.74) is 2.12. The number of aromatic nitrogens is 2. The van der Waals surface area contributed by atoms with Gasteiger partial charge in [-0.05, 0) is 29.8 Å².